The highest BCUT2D eigenvalue weighted by molar-refractivity contribution is 5.87. The van der Waals surface area contributed by atoms with Crippen molar-refractivity contribution >= 4 is 23.1 Å². The highest BCUT2D eigenvalue weighted by atomic mass is 19.1. The predicted molar refractivity (Wildman–Crippen MR) is 311 cm³/mol. The number of aliphatic carboxylic acids is 1. The fraction of sp³-hybridized carbons (Fsp3) is 0.400. The molecule has 6 aliphatic carbocycles. The maximum atomic E-state index is 15.0. The zero-order chi connectivity index (χ0) is 53.3. The molecule has 6 nitrogen and oxygen atoms in total. The Balaban J connectivity index is 0.000000185. The Morgan fingerprint density at radius 3 is 1.41 bits per heavy atom. The van der Waals surface area contributed by atoms with Gasteiger partial charge in [0.1, 0.15) is 36.3 Å². The van der Waals surface area contributed by atoms with Gasteiger partial charge >= 0.3 is 11.9 Å². The number of ether oxygens (including phenoxy) is 3. The van der Waals surface area contributed by atoms with Gasteiger partial charge in [0.2, 0.25) is 0 Å². The van der Waals surface area contributed by atoms with E-state index >= 15 is 4.39 Å². The second-order valence-electron chi connectivity index (χ2n) is 23.9. The number of hydrogen-bond donors (Lipinski definition) is 1. The molecule has 0 unspecified atom stereocenters. The molecule has 0 heterocycles. The lowest BCUT2D eigenvalue weighted by atomic mass is 9.79. The Morgan fingerprint density at radius 1 is 0.551 bits per heavy atom. The maximum absolute atomic E-state index is 15.0. The van der Waals surface area contributed by atoms with E-state index in [1.807, 2.05) is 69.3 Å². The number of rotatable bonds is 13. The number of fused-ring (bicyclic) bond motifs is 4. The van der Waals surface area contributed by atoms with Crippen LogP contribution in [0.25, 0.3) is 33.4 Å². The first-order chi connectivity index (χ1) is 36.4. The molecular formula is C70H78F2O6. The van der Waals surface area contributed by atoms with Gasteiger partial charge in [0.25, 0.3) is 0 Å². The summed E-state index contributed by atoms with van der Waals surface area (Å²) in [6, 6.07) is 35.6. The quantitative estimate of drug-likeness (QED) is 0.116. The van der Waals surface area contributed by atoms with E-state index in [9.17, 15) is 19.1 Å². The van der Waals surface area contributed by atoms with Crippen LogP contribution in [0.15, 0.2) is 121 Å². The van der Waals surface area contributed by atoms with Gasteiger partial charge in [-0.3, -0.25) is 9.59 Å². The minimum absolute atomic E-state index is 0. The molecule has 0 amide bonds. The van der Waals surface area contributed by atoms with Crippen molar-refractivity contribution in [1.29, 1.82) is 0 Å². The lowest BCUT2D eigenvalue weighted by molar-refractivity contribution is -0.145. The van der Waals surface area contributed by atoms with Crippen molar-refractivity contribution in [3.8, 4) is 33.8 Å². The van der Waals surface area contributed by atoms with Crippen LogP contribution in [0.4, 0.5) is 8.78 Å². The van der Waals surface area contributed by atoms with Gasteiger partial charge in [-0.25, -0.2) is 8.78 Å². The summed E-state index contributed by atoms with van der Waals surface area (Å²) in [7, 11) is 0. The maximum Gasteiger partial charge on any atom is 0.309 e. The minimum Gasteiger partial charge on any atom is -0.489 e. The number of aryl methyl sites for hydroxylation is 4. The van der Waals surface area contributed by atoms with Crippen LogP contribution in [0.5, 0.6) is 11.5 Å². The van der Waals surface area contributed by atoms with Crippen molar-refractivity contribution in [2.45, 2.75) is 152 Å². The molecule has 1 N–H and O–H groups in total. The standard InChI is InChI=1S/C35H37FO3.C33H33FO3.2CH4/c1-5-38-33(37)31-20-35(31)16-14-24-10-11-25(19-30(24)35)39-21-23-9-12-26(28-17-22(2)8-13-32(28)36)27(18-23)29-7-6-15-34(29,3)4;1-20-6-11-30(34)26(15-20)24-10-7-21(16-25(24)27-5-4-13-32(27,2)3)19-37-23-9-8-22-12-14-33(28(22)17-23)18-29(33)31(35)36;;/h7-13,17-19,31H,5-6,14-16,20-21H2,1-4H3;5-11,15-17,29H,4,12-14,18-19H2,1-3H3,(H,35,36);2*1H4/t31-,35-;29-,33-;;/m00../s1. The first-order valence-corrected chi connectivity index (χ1v) is 27.5. The van der Waals surface area contributed by atoms with Crippen LogP contribution >= 0.6 is 0 Å². The van der Waals surface area contributed by atoms with E-state index in [0.717, 1.165) is 126 Å². The SMILES string of the molecule is C.C.CCOC(=O)[C@@H]1C[C@]12CCc1ccc(OCc3ccc(-c4cc(C)ccc4F)c(C4=CCCC4(C)C)c3)cc12.Cc1ccc(F)c(-c2ccc(COc3ccc4c(c3)[C@]3(CC4)C[C@H]3C(=O)O)cc2C2=CCCC2(C)C)c1. The van der Waals surface area contributed by atoms with Gasteiger partial charge in [0, 0.05) is 22.0 Å². The van der Waals surface area contributed by atoms with Crippen molar-refractivity contribution in [1.82, 2.24) is 0 Å². The van der Waals surface area contributed by atoms with E-state index < -0.39 is 5.97 Å². The fourth-order valence-electron chi connectivity index (χ4n) is 13.5. The van der Waals surface area contributed by atoms with Gasteiger partial charge in [0.15, 0.2) is 0 Å². The summed E-state index contributed by atoms with van der Waals surface area (Å²) in [5.41, 5.74) is 16.7. The van der Waals surface area contributed by atoms with Gasteiger partial charge < -0.3 is 19.3 Å². The molecule has 6 aromatic rings. The van der Waals surface area contributed by atoms with Gasteiger partial charge in [-0.1, -0.05) is 114 Å². The Labute approximate surface area is 462 Å². The summed E-state index contributed by atoms with van der Waals surface area (Å²) in [5, 5.41) is 9.56. The molecular weight excluding hydrogens is 975 g/mol. The molecule has 0 aliphatic heterocycles. The molecule has 12 rings (SSSR count). The molecule has 0 saturated heterocycles. The monoisotopic (exact) mass is 1050 g/mol. The van der Waals surface area contributed by atoms with Gasteiger partial charge in [-0.05, 0) is 223 Å². The lowest BCUT2D eigenvalue weighted by Gasteiger charge is -2.25. The second-order valence-corrected chi connectivity index (χ2v) is 23.9. The molecule has 4 atom stereocenters. The Kier molecular flexibility index (Phi) is 15.4. The zero-order valence-electron chi connectivity index (χ0n) is 45.1. The average Bonchev–Trinajstić information content (AvgIpc) is 4.17. The van der Waals surface area contributed by atoms with Gasteiger partial charge in [-0.15, -0.1) is 0 Å². The summed E-state index contributed by atoms with van der Waals surface area (Å²) in [4.78, 5) is 24.1. The minimum atomic E-state index is -0.694. The van der Waals surface area contributed by atoms with Crippen LogP contribution in [-0.4, -0.2) is 23.7 Å². The van der Waals surface area contributed by atoms with Crippen LogP contribution in [0, 0.1) is 48.1 Å². The lowest BCUT2D eigenvalue weighted by Crippen LogP contribution is -2.15. The van der Waals surface area contributed by atoms with Gasteiger partial charge in [0.05, 0.1) is 18.4 Å². The van der Waals surface area contributed by atoms with E-state index in [2.05, 4.69) is 82.3 Å². The van der Waals surface area contributed by atoms with Crippen molar-refractivity contribution in [3.05, 3.63) is 189 Å². The predicted octanol–water partition coefficient (Wildman–Crippen LogP) is 17.5. The number of carbonyl (C=O) groups is 2. The van der Waals surface area contributed by atoms with E-state index in [4.69, 9.17) is 14.2 Å². The molecule has 2 spiro atoms. The molecule has 0 bridgehead atoms. The smallest absolute Gasteiger partial charge is 0.309 e. The summed E-state index contributed by atoms with van der Waals surface area (Å²) >= 11 is 0. The van der Waals surface area contributed by atoms with E-state index in [1.54, 1.807) is 18.2 Å². The number of benzene rings is 6. The molecule has 78 heavy (non-hydrogen) atoms. The second kappa shape index (κ2) is 21.4. The molecule has 6 aliphatic rings. The number of carboxylic acids is 1. The van der Waals surface area contributed by atoms with Crippen LogP contribution in [-0.2, 0) is 51.2 Å². The molecule has 2 saturated carbocycles. The normalized spacial score (nSPS) is 22.2. The fourth-order valence-corrected chi connectivity index (χ4v) is 13.5. The number of allylic oxidation sites excluding steroid dienone is 4. The highest BCUT2D eigenvalue weighted by Crippen LogP contribution is 2.63. The topological polar surface area (TPSA) is 82.1 Å². The average molecular weight is 1050 g/mol. The van der Waals surface area contributed by atoms with Crippen LogP contribution in [0.3, 0.4) is 0 Å². The molecule has 0 aromatic heterocycles. The van der Waals surface area contributed by atoms with E-state index in [-0.39, 0.29) is 66.0 Å². The molecule has 8 heteroatoms. The first-order valence-electron chi connectivity index (χ1n) is 27.5. The number of carbonyl (C=O) groups excluding carboxylic acids is 1. The third kappa shape index (κ3) is 10.4. The number of esters is 1. The third-order valence-corrected chi connectivity index (χ3v) is 18.0. The van der Waals surface area contributed by atoms with E-state index in [1.165, 1.54) is 27.8 Å². The Hall–Kier alpha value is -6.80. The third-order valence-electron chi connectivity index (χ3n) is 18.0. The largest absolute Gasteiger partial charge is 0.489 e. The number of halogens is 2. The summed E-state index contributed by atoms with van der Waals surface area (Å²) in [5.74, 6) is 0.111. The van der Waals surface area contributed by atoms with Crippen LogP contribution in [0.1, 0.15) is 156 Å². The number of hydrogen-bond acceptors (Lipinski definition) is 5. The Bertz CT molecular complexity index is 3380. The molecule has 6 aromatic carbocycles. The summed E-state index contributed by atoms with van der Waals surface area (Å²) in [6.45, 7) is 16.2. The Morgan fingerprint density at radius 2 is 1.00 bits per heavy atom. The van der Waals surface area contributed by atoms with Crippen molar-refractivity contribution in [2.75, 3.05) is 6.61 Å². The van der Waals surface area contributed by atoms with Crippen LogP contribution < -0.4 is 9.47 Å². The van der Waals surface area contributed by atoms with Crippen molar-refractivity contribution in [2.24, 2.45) is 22.7 Å². The first kappa shape index (κ1) is 55.9. The summed E-state index contributed by atoms with van der Waals surface area (Å²) in [6.07, 6.45) is 14.3. The number of carboxylic acid groups (broad SMARTS) is 1. The van der Waals surface area contributed by atoms with Crippen molar-refractivity contribution in [3.63, 3.8) is 0 Å². The summed E-state index contributed by atoms with van der Waals surface area (Å²) < 4.78 is 47.9. The molecule has 2 fully saturated rings. The van der Waals surface area contributed by atoms with Crippen LogP contribution in [0.2, 0.25) is 0 Å². The zero-order valence-corrected chi connectivity index (χ0v) is 45.1. The molecule has 0 radical (unpaired) electrons. The van der Waals surface area contributed by atoms with E-state index in [0.29, 0.717) is 30.9 Å². The highest BCUT2D eigenvalue weighted by Gasteiger charge is 2.63. The van der Waals surface area contributed by atoms with Gasteiger partial charge in [-0.2, -0.15) is 0 Å². The van der Waals surface area contributed by atoms with Crippen molar-refractivity contribution < 1.29 is 37.7 Å². The molecule has 408 valence electrons.